The normalized spacial score (nSPS) is 12.8. The van der Waals surface area contributed by atoms with Crippen LogP contribution < -0.4 is 5.32 Å². The summed E-state index contributed by atoms with van der Waals surface area (Å²) >= 11 is 0. The van der Waals surface area contributed by atoms with Crippen LogP contribution in [0.4, 0.5) is 4.39 Å². The van der Waals surface area contributed by atoms with Crippen LogP contribution in [-0.2, 0) is 0 Å². The van der Waals surface area contributed by atoms with Crippen molar-refractivity contribution in [3.63, 3.8) is 0 Å². The first-order valence-electron chi connectivity index (χ1n) is 7.92. The lowest BCUT2D eigenvalue weighted by molar-refractivity contribution is 0.294. The molecule has 20 heavy (non-hydrogen) atoms. The zero-order valence-corrected chi connectivity index (χ0v) is 13.2. The molecule has 0 aliphatic rings. The van der Waals surface area contributed by atoms with E-state index >= 15 is 0 Å². The van der Waals surface area contributed by atoms with Crippen LogP contribution in [0.5, 0.6) is 0 Å². The first-order valence-corrected chi connectivity index (χ1v) is 7.92. The highest BCUT2D eigenvalue weighted by molar-refractivity contribution is 5.19. The molecule has 0 fully saturated rings. The number of benzene rings is 1. The SMILES string of the molecule is CCCCC(NCCN(CC)CC)c1ccc(F)cc1. The number of unbranched alkanes of at least 4 members (excludes halogenated alkanes) is 1. The lowest BCUT2D eigenvalue weighted by Gasteiger charge is -2.23. The van der Waals surface area contributed by atoms with Gasteiger partial charge in [-0.25, -0.2) is 4.39 Å². The minimum absolute atomic E-state index is 0.161. The van der Waals surface area contributed by atoms with Gasteiger partial charge in [-0.1, -0.05) is 45.7 Å². The Kier molecular flexibility index (Phi) is 8.47. The van der Waals surface area contributed by atoms with Crippen LogP contribution in [0.25, 0.3) is 0 Å². The van der Waals surface area contributed by atoms with Gasteiger partial charge in [-0.3, -0.25) is 0 Å². The van der Waals surface area contributed by atoms with Gasteiger partial charge in [-0.2, -0.15) is 0 Å². The fraction of sp³-hybridized carbons (Fsp3) is 0.647. The molecule has 1 aromatic rings. The van der Waals surface area contributed by atoms with E-state index in [0.29, 0.717) is 6.04 Å². The second kappa shape index (κ2) is 9.89. The number of hydrogen-bond donors (Lipinski definition) is 1. The molecule has 2 nitrogen and oxygen atoms in total. The lowest BCUT2D eigenvalue weighted by atomic mass is 10.0. The van der Waals surface area contributed by atoms with Crippen LogP contribution in [-0.4, -0.2) is 31.1 Å². The number of rotatable bonds is 10. The van der Waals surface area contributed by atoms with E-state index in [-0.39, 0.29) is 5.82 Å². The van der Waals surface area contributed by atoms with Crippen LogP contribution >= 0.6 is 0 Å². The summed E-state index contributed by atoms with van der Waals surface area (Å²) in [6.07, 6.45) is 3.50. The predicted octanol–water partition coefficient (Wildman–Crippen LogP) is 3.99. The molecular formula is C17H29FN2. The summed E-state index contributed by atoms with van der Waals surface area (Å²) in [7, 11) is 0. The van der Waals surface area contributed by atoms with Gasteiger partial charge in [0.2, 0.25) is 0 Å². The quantitative estimate of drug-likeness (QED) is 0.697. The van der Waals surface area contributed by atoms with E-state index in [2.05, 4.69) is 31.0 Å². The van der Waals surface area contributed by atoms with Gasteiger partial charge >= 0.3 is 0 Å². The largest absolute Gasteiger partial charge is 0.309 e. The molecule has 3 heteroatoms. The molecule has 0 heterocycles. The number of nitrogens with one attached hydrogen (secondary N) is 1. The fourth-order valence-corrected chi connectivity index (χ4v) is 2.43. The Labute approximate surface area is 123 Å². The molecule has 114 valence electrons. The average Bonchev–Trinajstić information content (AvgIpc) is 2.48. The standard InChI is InChI=1S/C17H29FN2/c1-4-7-8-17(15-9-11-16(18)12-10-15)19-13-14-20(5-2)6-3/h9-12,17,19H,4-8,13-14H2,1-3H3. The first kappa shape index (κ1) is 17.1. The topological polar surface area (TPSA) is 15.3 Å². The van der Waals surface area contributed by atoms with Gasteiger partial charge in [-0.05, 0) is 37.2 Å². The van der Waals surface area contributed by atoms with Crippen molar-refractivity contribution in [2.24, 2.45) is 0 Å². The third-order valence-corrected chi connectivity index (χ3v) is 3.83. The molecule has 0 spiro atoms. The van der Waals surface area contributed by atoms with Crippen LogP contribution in [0.15, 0.2) is 24.3 Å². The van der Waals surface area contributed by atoms with Crippen molar-refractivity contribution in [2.45, 2.75) is 46.1 Å². The van der Waals surface area contributed by atoms with Gasteiger partial charge in [0.1, 0.15) is 5.82 Å². The Morgan fingerprint density at radius 2 is 1.75 bits per heavy atom. The van der Waals surface area contributed by atoms with Crippen LogP contribution in [0, 0.1) is 5.82 Å². The summed E-state index contributed by atoms with van der Waals surface area (Å²) in [5, 5.41) is 3.63. The molecule has 0 aliphatic carbocycles. The van der Waals surface area contributed by atoms with Crippen molar-refractivity contribution in [3.05, 3.63) is 35.6 Å². The number of halogens is 1. The van der Waals surface area contributed by atoms with Gasteiger partial charge in [0.05, 0.1) is 0 Å². The molecule has 1 N–H and O–H groups in total. The second-order valence-corrected chi connectivity index (χ2v) is 5.23. The molecule has 0 aromatic heterocycles. The highest BCUT2D eigenvalue weighted by Crippen LogP contribution is 2.19. The van der Waals surface area contributed by atoms with E-state index < -0.39 is 0 Å². The summed E-state index contributed by atoms with van der Waals surface area (Å²) < 4.78 is 13.0. The van der Waals surface area contributed by atoms with Crippen LogP contribution in [0.3, 0.4) is 0 Å². The smallest absolute Gasteiger partial charge is 0.123 e. The lowest BCUT2D eigenvalue weighted by Crippen LogP contribution is -2.33. The fourth-order valence-electron chi connectivity index (χ4n) is 2.43. The summed E-state index contributed by atoms with van der Waals surface area (Å²) in [5.41, 5.74) is 1.19. The van der Waals surface area contributed by atoms with Crippen molar-refractivity contribution in [2.75, 3.05) is 26.2 Å². The third kappa shape index (κ3) is 6.02. The molecule has 0 saturated carbocycles. The average molecular weight is 280 g/mol. The third-order valence-electron chi connectivity index (χ3n) is 3.83. The van der Waals surface area contributed by atoms with Gasteiger partial charge < -0.3 is 10.2 Å². The molecule has 1 unspecified atom stereocenters. The second-order valence-electron chi connectivity index (χ2n) is 5.23. The minimum Gasteiger partial charge on any atom is -0.309 e. The van der Waals surface area contributed by atoms with Crippen LogP contribution in [0.1, 0.15) is 51.6 Å². The van der Waals surface area contributed by atoms with Crippen molar-refractivity contribution in [3.8, 4) is 0 Å². The van der Waals surface area contributed by atoms with Crippen molar-refractivity contribution in [1.29, 1.82) is 0 Å². The molecule has 1 atom stereocenters. The highest BCUT2D eigenvalue weighted by atomic mass is 19.1. The maximum absolute atomic E-state index is 13.0. The molecule has 1 aromatic carbocycles. The molecule has 0 radical (unpaired) electrons. The van der Waals surface area contributed by atoms with E-state index in [1.807, 2.05) is 12.1 Å². The summed E-state index contributed by atoms with van der Waals surface area (Å²) in [6, 6.07) is 7.26. The molecule has 1 rings (SSSR count). The van der Waals surface area contributed by atoms with E-state index in [0.717, 1.165) is 32.6 Å². The Balaban J connectivity index is 2.53. The zero-order valence-electron chi connectivity index (χ0n) is 13.2. The summed E-state index contributed by atoms with van der Waals surface area (Å²) in [4.78, 5) is 2.41. The Bertz CT molecular complexity index is 347. The highest BCUT2D eigenvalue weighted by Gasteiger charge is 2.11. The maximum atomic E-state index is 13.0. The summed E-state index contributed by atoms with van der Waals surface area (Å²) in [5.74, 6) is -0.161. The van der Waals surface area contributed by atoms with Crippen molar-refractivity contribution >= 4 is 0 Å². The van der Waals surface area contributed by atoms with Crippen molar-refractivity contribution < 1.29 is 4.39 Å². The van der Waals surface area contributed by atoms with E-state index in [1.165, 1.54) is 18.4 Å². The molecule has 0 saturated heterocycles. The van der Waals surface area contributed by atoms with E-state index in [9.17, 15) is 4.39 Å². The minimum atomic E-state index is -0.161. The Morgan fingerprint density at radius 3 is 2.30 bits per heavy atom. The number of nitrogens with zero attached hydrogens (tertiary/aromatic N) is 1. The predicted molar refractivity (Wildman–Crippen MR) is 84.5 cm³/mol. The zero-order chi connectivity index (χ0) is 14.8. The summed E-state index contributed by atoms with van der Waals surface area (Å²) in [6.45, 7) is 10.8. The van der Waals surface area contributed by atoms with Gasteiger partial charge in [0.15, 0.2) is 0 Å². The van der Waals surface area contributed by atoms with E-state index in [1.54, 1.807) is 12.1 Å². The first-order chi connectivity index (χ1) is 9.71. The van der Waals surface area contributed by atoms with Crippen molar-refractivity contribution in [1.82, 2.24) is 10.2 Å². The monoisotopic (exact) mass is 280 g/mol. The molecule has 0 aliphatic heterocycles. The molecule has 0 bridgehead atoms. The number of hydrogen-bond acceptors (Lipinski definition) is 2. The number of likely N-dealkylation sites (N-methyl/N-ethyl adjacent to an activating group) is 1. The van der Waals surface area contributed by atoms with E-state index in [4.69, 9.17) is 0 Å². The maximum Gasteiger partial charge on any atom is 0.123 e. The van der Waals surface area contributed by atoms with Gasteiger partial charge in [-0.15, -0.1) is 0 Å². The Morgan fingerprint density at radius 1 is 1.10 bits per heavy atom. The molecule has 0 amide bonds. The Hall–Kier alpha value is -0.930. The van der Waals surface area contributed by atoms with Gasteiger partial charge in [0, 0.05) is 19.1 Å². The molecular weight excluding hydrogens is 251 g/mol. The van der Waals surface area contributed by atoms with Crippen LogP contribution in [0.2, 0.25) is 0 Å². The van der Waals surface area contributed by atoms with Gasteiger partial charge in [0.25, 0.3) is 0 Å².